The third-order valence-corrected chi connectivity index (χ3v) is 4.80. The van der Waals surface area contributed by atoms with E-state index in [9.17, 15) is 4.79 Å². The smallest absolute Gasteiger partial charge is 0.330 e. The van der Waals surface area contributed by atoms with E-state index in [0.29, 0.717) is 5.57 Å². The lowest BCUT2D eigenvalue weighted by atomic mass is 10.1. The van der Waals surface area contributed by atoms with Crippen molar-refractivity contribution in [2.24, 2.45) is 0 Å². The highest BCUT2D eigenvalue weighted by molar-refractivity contribution is 6.07. The van der Waals surface area contributed by atoms with Gasteiger partial charge in [-0.15, -0.1) is 0 Å². The van der Waals surface area contributed by atoms with Crippen LogP contribution in [0, 0.1) is 0 Å². The summed E-state index contributed by atoms with van der Waals surface area (Å²) >= 11 is 0. The molecule has 0 saturated carbocycles. The number of fused-ring (bicyclic) bond motifs is 3. The van der Waals surface area contributed by atoms with Crippen molar-refractivity contribution >= 4 is 27.8 Å². The summed E-state index contributed by atoms with van der Waals surface area (Å²) in [6, 6.07) is 17.2. The van der Waals surface area contributed by atoms with E-state index < -0.39 is 5.97 Å². The van der Waals surface area contributed by atoms with E-state index in [1.165, 1.54) is 28.2 Å². The molecule has 1 N–H and O–H groups in total. The number of hydrogen-bond acceptors (Lipinski definition) is 1. The van der Waals surface area contributed by atoms with Gasteiger partial charge in [-0.05, 0) is 38.3 Å². The number of aryl methyl sites for hydroxylation is 1. The van der Waals surface area contributed by atoms with Crippen molar-refractivity contribution in [3.63, 3.8) is 0 Å². The average Bonchev–Trinajstić information content (AvgIpc) is 2.95. The molecule has 1 heterocycles. The number of carboxylic acid groups (broad SMARTS) is 1. The molecule has 0 saturated heterocycles. The number of hydrogen-bond donors (Lipinski definition) is 1. The predicted octanol–water partition coefficient (Wildman–Crippen LogP) is 5.78. The highest BCUT2D eigenvalue weighted by atomic mass is 16.4. The van der Waals surface area contributed by atoms with Crippen molar-refractivity contribution < 1.29 is 9.90 Å². The van der Waals surface area contributed by atoms with Gasteiger partial charge in [-0.2, -0.15) is 0 Å². The van der Waals surface area contributed by atoms with Crippen LogP contribution in [0.15, 0.2) is 60.2 Å². The molecule has 25 heavy (non-hydrogen) atoms. The minimum absolute atomic E-state index is 0.449. The van der Waals surface area contributed by atoms with Gasteiger partial charge in [0.05, 0.1) is 0 Å². The van der Waals surface area contributed by atoms with Crippen molar-refractivity contribution in [3.8, 4) is 0 Å². The second-order valence-corrected chi connectivity index (χ2v) is 6.58. The summed E-state index contributed by atoms with van der Waals surface area (Å²) in [6.07, 6.45) is 7.19. The van der Waals surface area contributed by atoms with E-state index in [0.717, 1.165) is 32.2 Å². The van der Waals surface area contributed by atoms with Crippen LogP contribution in [0.2, 0.25) is 0 Å². The Morgan fingerprint density at radius 2 is 1.48 bits per heavy atom. The topological polar surface area (TPSA) is 42.2 Å². The molecule has 3 rings (SSSR count). The van der Waals surface area contributed by atoms with Crippen molar-refractivity contribution in [2.45, 2.75) is 45.6 Å². The first kappa shape index (κ1) is 17.3. The molecule has 0 fully saturated rings. The zero-order valence-electron chi connectivity index (χ0n) is 14.7. The lowest BCUT2D eigenvalue weighted by Gasteiger charge is -2.07. The fourth-order valence-electron chi connectivity index (χ4n) is 3.42. The fraction of sp³-hybridized carbons (Fsp3) is 0.318. The maximum Gasteiger partial charge on any atom is 0.330 e. The molecule has 0 unspecified atom stereocenters. The lowest BCUT2D eigenvalue weighted by molar-refractivity contribution is -0.132. The van der Waals surface area contributed by atoms with E-state index in [4.69, 9.17) is 5.11 Å². The van der Waals surface area contributed by atoms with Gasteiger partial charge < -0.3 is 9.67 Å². The van der Waals surface area contributed by atoms with E-state index >= 15 is 0 Å². The number of nitrogens with zero attached hydrogens (tertiary/aromatic N) is 1. The second-order valence-electron chi connectivity index (χ2n) is 6.58. The summed E-state index contributed by atoms with van der Waals surface area (Å²) in [5, 5.41) is 11.5. The molecule has 0 amide bonds. The average molecular weight is 335 g/mol. The summed E-state index contributed by atoms with van der Waals surface area (Å²) in [5.41, 5.74) is 3.07. The van der Waals surface area contributed by atoms with Gasteiger partial charge in [0, 0.05) is 33.9 Å². The Balaban J connectivity index is 1.58. The largest absolute Gasteiger partial charge is 0.478 e. The van der Waals surface area contributed by atoms with Crippen LogP contribution in [0.25, 0.3) is 21.8 Å². The van der Waals surface area contributed by atoms with Gasteiger partial charge in [-0.3, -0.25) is 0 Å². The minimum Gasteiger partial charge on any atom is -0.478 e. The standard InChI is InChI=1S/C22H25NO2/c1-17(22(24)25)11-5-3-2-4-10-16-23-20-14-8-6-12-18(20)19-13-7-9-15-21(19)23/h6-9,11-15H,2-5,10,16H2,1H3,(H,24,25). The van der Waals surface area contributed by atoms with Crippen LogP contribution in [0.5, 0.6) is 0 Å². The van der Waals surface area contributed by atoms with Gasteiger partial charge in [-0.25, -0.2) is 4.79 Å². The molecular weight excluding hydrogens is 310 g/mol. The van der Waals surface area contributed by atoms with Gasteiger partial charge in [0.25, 0.3) is 0 Å². The van der Waals surface area contributed by atoms with Crippen molar-refractivity contribution in [1.82, 2.24) is 4.57 Å². The van der Waals surface area contributed by atoms with Crippen LogP contribution in [0.3, 0.4) is 0 Å². The fourth-order valence-corrected chi connectivity index (χ4v) is 3.42. The Kier molecular flexibility index (Phi) is 5.54. The molecule has 0 aliphatic rings. The van der Waals surface area contributed by atoms with Crippen LogP contribution in [0.4, 0.5) is 0 Å². The molecule has 130 valence electrons. The molecule has 3 heteroatoms. The summed E-state index contributed by atoms with van der Waals surface area (Å²) in [7, 11) is 0. The highest BCUT2D eigenvalue weighted by Gasteiger charge is 2.08. The zero-order chi connectivity index (χ0) is 17.6. The van der Waals surface area contributed by atoms with Gasteiger partial charge in [0.1, 0.15) is 0 Å². The van der Waals surface area contributed by atoms with Crippen LogP contribution >= 0.6 is 0 Å². The first-order valence-corrected chi connectivity index (χ1v) is 9.04. The zero-order valence-corrected chi connectivity index (χ0v) is 14.7. The van der Waals surface area contributed by atoms with Crippen molar-refractivity contribution in [3.05, 3.63) is 60.2 Å². The van der Waals surface area contributed by atoms with E-state index in [2.05, 4.69) is 53.1 Å². The Bertz CT molecular complexity index is 851. The lowest BCUT2D eigenvalue weighted by Crippen LogP contribution is -1.97. The number of unbranched alkanes of at least 4 members (excludes halogenated alkanes) is 4. The molecule has 3 aromatic rings. The molecule has 0 bridgehead atoms. The van der Waals surface area contributed by atoms with Gasteiger partial charge in [0.15, 0.2) is 0 Å². The minimum atomic E-state index is -0.814. The summed E-state index contributed by atoms with van der Waals surface area (Å²) in [4.78, 5) is 10.7. The quantitative estimate of drug-likeness (QED) is 0.419. The Morgan fingerprint density at radius 1 is 0.920 bits per heavy atom. The molecule has 0 aliphatic carbocycles. The SMILES string of the molecule is CC(=CCCCCCCn1c2ccccc2c2ccccc21)C(=O)O. The van der Waals surface area contributed by atoms with Gasteiger partial charge >= 0.3 is 5.97 Å². The molecule has 0 spiro atoms. The molecule has 3 nitrogen and oxygen atoms in total. The molecule has 0 radical (unpaired) electrons. The number of benzene rings is 2. The number of para-hydroxylation sites is 2. The number of aromatic nitrogens is 1. The van der Waals surface area contributed by atoms with E-state index in [-0.39, 0.29) is 0 Å². The van der Waals surface area contributed by atoms with Crippen LogP contribution in [0.1, 0.15) is 39.0 Å². The number of aliphatic carboxylic acids is 1. The van der Waals surface area contributed by atoms with Crippen molar-refractivity contribution in [2.75, 3.05) is 0 Å². The Hall–Kier alpha value is -2.55. The third kappa shape index (κ3) is 3.93. The highest BCUT2D eigenvalue weighted by Crippen LogP contribution is 2.29. The van der Waals surface area contributed by atoms with Crippen molar-refractivity contribution in [1.29, 1.82) is 0 Å². The van der Waals surface area contributed by atoms with Gasteiger partial charge in [0.2, 0.25) is 0 Å². The molecule has 0 aliphatic heterocycles. The monoisotopic (exact) mass is 335 g/mol. The molecule has 1 aromatic heterocycles. The number of carboxylic acids is 1. The maximum absolute atomic E-state index is 10.7. The summed E-state index contributed by atoms with van der Waals surface area (Å²) < 4.78 is 2.43. The number of carbonyl (C=O) groups is 1. The molecule has 0 atom stereocenters. The number of allylic oxidation sites excluding steroid dienone is 1. The number of rotatable bonds is 8. The van der Waals surface area contributed by atoms with Crippen LogP contribution in [-0.4, -0.2) is 15.6 Å². The van der Waals surface area contributed by atoms with Crippen LogP contribution in [-0.2, 0) is 11.3 Å². The summed E-state index contributed by atoms with van der Waals surface area (Å²) in [6.45, 7) is 2.68. The van der Waals surface area contributed by atoms with Crippen LogP contribution < -0.4 is 0 Å². The summed E-state index contributed by atoms with van der Waals surface area (Å²) in [5.74, 6) is -0.814. The second kappa shape index (κ2) is 8.02. The first-order valence-electron chi connectivity index (χ1n) is 9.04. The predicted molar refractivity (Wildman–Crippen MR) is 104 cm³/mol. The Labute approximate surface area is 148 Å². The van der Waals surface area contributed by atoms with E-state index in [1.807, 2.05) is 6.08 Å². The Morgan fingerprint density at radius 3 is 2.08 bits per heavy atom. The molecular formula is C22H25NO2. The maximum atomic E-state index is 10.7. The first-order chi connectivity index (χ1) is 12.2. The third-order valence-electron chi connectivity index (χ3n) is 4.80. The molecule has 2 aromatic carbocycles. The normalized spacial score (nSPS) is 12.1. The van der Waals surface area contributed by atoms with Gasteiger partial charge in [-0.1, -0.05) is 55.3 Å². The van der Waals surface area contributed by atoms with E-state index in [1.54, 1.807) is 6.92 Å².